The number of carbonyl (C=O) groups is 1. The topological polar surface area (TPSA) is 86.5 Å². The Balaban J connectivity index is 1.49. The van der Waals surface area contributed by atoms with Crippen molar-refractivity contribution in [2.45, 2.75) is 19.5 Å². The Labute approximate surface area is 166 Å². The van der Waals surface area contributed by atoms with Crippen molar-refractivity contribution in [3.8, 4) is 6.07 Å². The summed E-state index contributed by atoms with van der Waals surface area (Å²) < 4.78 is 15.6. The van der Waals surface area contributed by atoms with Crippen LogP contribution in [0.2, 0.25) is 0 Å². The van der Waals surface area contributed by atoms with Crippen LogP contribution in [0.15, 0.2) is 60.9 Å². The quantitative estimate of drug-likeness (QED) is 0.544. The monoisotopic (exact) mass is 387 g/mol. The number of carbonyl (C=O) groups excluding carboxylic acids is 1. The third-order valence-electron chi connectivity index (χ3n) is 4.80. The van der Waals surface area contributed by atoms with Gasteiger partial charge in [-0.05, 0) is 30.7 Å². The van der Waals surface area contributed by atoms with Gasteiger partial charge < -0.3 is 10.3 Å². The van der Waals surface area contributed by atoms with Crippen LogP contribution >= 0.6 is 0 Å². The number of aromatic nitrogens is 3. The Morgan fingerprint density at radius 3 is 2.86 bits per heavy atom. The summed E-state index contributed by atoms with van der Waals surface area (Å²) in [7, 11) is 0. The second-order valence-electron chi connectivity index (χ2n) is 6.83. The molecule has 2 aromatic carbocycles. The average Bonchev–Trinajstić information content (AvgIpc) is 3.36. The lowest BCUT2D eigenvalue weighted by Gasteiger charge is -2.11. The number of nitrogens with one attached hydrogen (secondary N) is 2. The number of rotatable bonds is 5. The Morgan fingerprint density at radius 1 is 1.31 bits per heavy atom. The van der Waals surface area contributed by atoms with Crippen LogP contribution in [-0.2, 0) is 6.54 Å². The van der Waals surface area contributed by atoms with Gasteiger partial charge in [0.1, 0.15) is 17.6 Å². The van der Waals surface area contributed by atoms with E-state index in [9.17, 15) is 9.18 Å². The van der Waals surface area contributed by atoms with Crippen molar-refractivity contribution in [3.05, 3.63) is 89.1 Å². The fraction of sp³-hybridized carbons (Fsp3) is 0.136. The first-order valence-corrected chi connectivity index (χ1v) is 9.13. The summed E-state index contributed by atoms with van der Waals surface area (Å²) >= 11 is 0. The summed E-state index contributed by atoms with van der Waals surface area (Å²) in [5, 5.41) is 16.8. The van der Waals surface area contributed by atoms with Crippen molar-refractivity contribution in [1.82, 2.24) is 20.1 Å². The molecule has 2 N–H and O–H groups in total. The number of benzene rings is 2. The molecular weight excluding hydrogens is 369 g/mol. The van der Waals surface area contributed by atoms with Crippen LogP contribution < -0.4 is 5.32 Å². The van der Waals surface area contributed by atoms with Crippen molar-refractivity contribution >= 4 is 16.8 Å². The number of aromatic amines is 1. The van der Waals surface area contributed by atoms with E-state index in [4.69, 9.17) is 5.26 Å². The molecule has 0 radical (unpaired) electrons. The predicted octanol–water partition coefficient (Wildman–Crippen LogP) is 3.91. The molecule has 4 aromatic rings. The summed E-state index contributed by atoms with van der Waals surface area (Å²) in [5.41, 5.74) is 2.74. The van der Waals surface area contributed by atoms with Crippen LogP contribution in [-0.4, -0.2) is 20.7 Å². The zero-order valence-corrected chi connectivity index (χ0v) is 15.7. The number of H-pyrrole nitrogens is 1. The van der Waals surface area contributed by atoms with Crippen LogP contribution in [0.5, 0.6) is 0 Å². The highest BCUT2D eigenvalue weighted by molar-refractivity contribution is 5.99. The molecule has 4 rings (SSSR count). The smallest absolute Gasteiger partial charge is 0.268 e. The highest BCUT2D eigenvalue weighted by Gasteiger charge is 2.17. The molecular formula is C22H18FN5O. The van der Waals surface area contributed by atoms with E-state index in [0.29, 0.717) is 17.4 Å². The van der Waals surface area contributed by atoms with Crippen LogP contribution in [0.25, 0.3) is 10.9 Å². The van der Waals surface area contributed by atoms with E-state index in [0.717, 1.165) is 11.1 Å². The zero-order chi connectivity index (χ0) is 20.4. The number of hydrogen-bond acceptors (Lipinski definition) is 3. The molecule has 7 heteroatoms. The number of fused-ring (bicyclic) bond motifs is 1. The Kier molecular flexibility index (Phi) is 4.83. The van der Waals surface area contributed by atoms with Crippen molar-refractivity contribution in [1.29, 1.82) is 5.26 Å². The van der Waals surface area contributed by atoms with Crippen LogP contribution in [0, 0.1) is 17.1 Å². The fourth-order valence-electron chi connectivity index (χ4n) is 3.23. The maximum Gasteiger partial charge on any atom is 0.268 e. The van der Waals surface area contributed by atoms with Gasteiger partial charge in [0.2, 0.25) is 0 Å². The van der Waals surface area contributed by atoms with E-state index < -0.39 is 5.82 Å². The maximum absolute atomic E-state index is 13.8. The molecule has 0 saturated carbocycles. The Hall–Kier alpha value is -3.92. The lowest BCUT2D eigenvalue weighted by atomic mass is 10.1. The minimum atomic E-state index is -0.606. The van der Waals surface area contributed by atoms with E-state index in [1.807, 2.05) is 54.2 Å². The number of halogens is 1. The second kappa shape index (κ2) is 7.60. The van der Waals surface area contributed by atoms with Crippen molar-refractivity contribution < 1.29 is 9.18 Å². The van der Waals surface area contributed by atoms with Crippen molar-refractivity contribution in [3.63, 3.8) is 0 Å². The van der Waals surface area contributed by atoms with Crippen LogP contribution in [0.4, 0.5) is 4.39 Å². The summed E-state index contributed by atoms with van der Waals surface area (Å²) in [4.78, 5) is 15.6. The molecule has 2 aromatic heterocycles. The lowest BCUT2D eigenvalue weighted by molar-refractivity contribution is 0.0935. The van der Waals surface area contributed by atoms with E-state index in [1.165, 1.54) is 18.2 Å². The average molecular weight is 387 g/mol. The standard InChI is InChI=1S/C22H18FN5O/c1-14(16-11-25-28(13-16)12-15-5-3-2-4-6-15)26-22(29)21-9-17-18(10-24)19(23)7-8-20(17)27-21/h2-9,11,13-14,27H,12H2,1H3,(H,26,29). The first-order valence-electron chi connectivity index (χ1n) is 9.13. The molecule has 1 atom stereocenters. The number of hydrogen-bond donors (Lipinski definition) is 2. The molecule has 1 amide bonds. The van der Waals surface area contributed by atoms with Gasteiger partial charge in [0.05, 0.1) is 24.3 Å². The number of amides is 1. The van der Waals surface area contributed by atoms with E-state index in [1.54, 1.807) is 6.20 Å². The van der Waals surface area contributed by atoms with Gasteiger partial charge in [0.15, 0.2) is 0 Å². The zero-order valence-electron chi connectivity index (χ0n) is 15.7. The molecule has 144 valence electrons. The molecule has 0 bridgehead atoms. The van der Waals surface area contributed by atoms with Gasteiger partial charge in [-0.15, -0.1) is 0 Å². The second-order valence-corrected chi connectivity index (χ2v) is 6.83. The fourth-order valence-corrected chi connectivity index (χ4v) is 3.23. The van der Waals surface area contributed by atoms with Gasteiger partial charge in [-0.2, -0.15) is 10.4 Å². The summed E-state index contributed by atoms with van der Waals surface area (Å²) in [6.07, 6.45) is 3.62. The van der Waals surface area contributed by atoms with Gasteiger partial charge in [-0.1, -0.05) is 30.3 Å². The molecule has 29 heavy (non-hydrogen) atoms. The van der Waals surface area contributed by atoms with E-state index in [2.05, 4.69) is 15.4 Å². The summed E-state index contributed by atoms with van der Waals surface area (Å²) in [6.45, 7) is 2.51. The SMILES string of the molecule is CC(NC(=O)c1cc2c(C#N)c(F)ccc2[nH]1)c1cnn(Cc2ccccc2)c1. The van der Waals surface area contributed by atoms with Gasteiger partial charge in [-0.25, -0.2) is 4.39 Å². The van der Waals surface area contributed by atoms with E-state index >= 15 is 0 Å². The summed E-state index contributed by atoms with van der Waals surface area (Å²) in [6, 6.07) is 15.8. The third-order valence-corrected chi connectivity index (χ3v) is 4.80. The Morgan fingerprint density at radius 2 is 2.10 bits per heavy atom. The molecule has 0 aliphatic rings. The molecule has 6 nitrogen and oxygen atoms in total. The van der Waals surface area contributed by atoms with Crippen LogP contribution in [0.1, 0.15) is 40.1 Å². The number of nitriles is 1. The molecule has 1 unspecified atom stereocenters. The minimum Gasteiger partial charge on any atom is -0.350 e. The highest BCUT2D eigenvalue weighted by atomic mass is 19.1. The van der Waals surface area contributed by atoms with Gasteiger partial charge in [-0.3, -0.25) is 9.48 Å². The normalized spacial score (nSPS) is 11.9. The molecule has 0 fully saturated rings. The molecule has 0 spiro atoms. The third kappa shape index (κ3) is 3.73. The van der Waals surface area contributed by atoms with E-state index in [-0.39, 0.29) is 23.2 Å². The first-order chi connectivity index (χ1) is 14.0. The van der Waals surface area contributed by atoms with Crippen LogP contribution in [0.3, 0.4) is 0 Å². The highest BCUT2D eigenvalue weighted by Crippen LogP contribution is 2.22. The van der Waals surface area contributed by atoms with Gasteiger partial charge in [0, 0.05) is 22.7 Å². The van der Waals surface area contributed by atoms with Gasteiger partial charge >= 0.3 is 0 Å². The first kappa shape index (κ1) is 18.4. The molecule has 0 aliphatic heterocycles. The Bertz CT molecular complexity index is 1220. The largest absolute Gasteiger partial charge is 0.350 e. The van der Waals surface area contributed by atoms with Crippen molar-refractivity contribution in [2.75, 3.05) is 0 Å². The molecule has 2 heterocycles. The molecule has 0 aliphatic carbocycles. The maximum atomic E-state index is 13.8. The van der Waals surface area contributed by atoms with Crippen molar-refractivity contribution in [2.24, 2.45) is 0 Å². The summed E-state index contributed by atoms with van der Waals surface area (Å²) in [5.74, 6) is -0.945. The molecule has 0 saturated heterocycles. The number of nitrogens with zero attached hydrogens (tertiary/aromatic N) is 3. The minimum absolute atomic E-state index is 0.0759. The predicted molar refractivity (Wildman–Crippen MR) is 107 cm³/mol. The lowest BCUT2D eigenvalue weighted by Crippen LogP contribution is -2.26. The van der Waals surface area contributed by atoms with Gasteiger partial charge in [0.25, 0.3) is 5.91 Å².